The standard InChI is InChI=1S/C21H20F3N3O3/c1-12-18(20(6-7-20)27-10-17(25)28)15-9-14(4-5-16(15)30-12)29-11-13-3-2-8-26-19(13)21(22,23)24/h2-5,8-9,27H,6-7,10-11H2,1H3,(H2,25,28). The molecule has 4 rings (SSSR count). The first-order valence-electron chi connectivity index (χ1n) is 9.40. The van der Waals surface area contributed by atoms with Crippen molar-refractivity contribution in [1.29, 1.82) is 0 Å². The van der Waals surface area contributed by atoms with Gasteiger partial charge in [0.2, 0.25) is 5.91 Å². The molecule has 0 atom stereocenters. The number of nitrogens with zero attached hydrogens (tertiary/aromatic N) is 1. The number of carbonyl (C=O) groups excluding carboxylic acids is 1. The lowest BCUT2D eigenvalue weighted by molar-refractivity contribution is -0.142. The lowest BCUT2D eigenvalue weighted by Crippen LogP contribution is -2.36. The fourth-order valence-electron chi connectivity index (χ4n) is 3.75. The molecule has 3 aromatic rings. The number of amides is 1. The van der Waals surface area contributed by atoms with Crippen LogP contribution in [0.25, 0.3) is 11.0 Å². The summed E-state index contributed by atoms with van der Waals surface area (Å²) in [5.74, 6) is 0.670. The van der Waals surface area contributed by atoms with Crippen LogP contribution in [0.4, 0.5) is 13.2 Å². The number of carbonyl (C=O) groups is 1. The number of hydrogen-bond acceptors (Lipinski definition) is 5. The van der Waals surface area contributed by atoms with Crippen LogP contribution in [0, 0.1) is 6.92 Å². The Morgan fingerprint density at radius 2 is 2.10 bits per heavy atom. The maximum absolute atomic E-state index is 13.1. The molecular weight excluding hydrogens is 399 g/mol. The Kier molecular flexibility index (Phi) is 4.93. The summed E-state index contributed by atoms with van der Waals surface area (Å²) in [7, 11) is 0. The second kappa shape index (κ2) is 7.32. The number of halogens is 3. The molecule has 0 radical (unpaired) electrons. The van der Waals surface area contributed by atoms with E-state index in [1.165, 1.54) is 12.1 Å². The molecule has 1 fully saturated rings. The Bertz CT molecular complexity index is 1100. The summed E-state index contributed by atoms with van der Waals surface area (Å²) in [6.07, 6.45) is -1.80. The molecule has 30 heavy (non-hydrogen) atoms. The van der Waals surface area contributed by atoms with Gasteiger partial charge in [-0.05, 0) is 44.0 Å². The third-order valence-electron chi connectivity index (χ3n) is 5.22. The molecule has 0 unspecified atom stereocenters. The average Bonchev–Trinajstić information content (AvgIpc) is 3.39. The number of aryl methyl sites for hydroxylation is 1. The Hall–Kier alpha value is -3.07. The molecule has 0 spiro atoms. The van der Waals surface area contributed by atoms with Crippen LogP contribution in [0.3, 0.4) is 0 Å². The first kappa shape index (κ1) is 20.2. The fourth-order valence-corrected chi connectivity index (χ4v) is 3.75. The summed E-state index contributed by atoms with van der Waals surface area (Å²) in [6.45, 7) is 1.61. The topological polar surface area (TPSA) is 90.4 Å². The third kappa shape index (κ3) is 3.85. The molecule has 0 bridgehead atoms. The highest BCUT2D eigenvalue weighted by molar-refractivity contribution is 5.85. The van der Waals surface area contributed by atoms with Crippen molar-refractivity contribution < 1.29 is 27.1 Å². The number of nitrogens with one attached hydrogen (secondary N) is 1. The molecule has 2 heterocycles. The summed E-state index contributed by atoms with van der Waals surface area (Å²) in [5, 5.41) is 3.99. The van der Waals surface area contributed by atoms with Crippen molar-refractivity contribution in [2.45, 2.75) is 38.1 Å². The number of benzene rings is 1. The van der Waals surface area contributed by atoms with Crippen molar-refractivity contribution >= 4 is 16.9 Å². The zero-order valence-corrected chi connectivity index (χ0v) is 16.2. The van der Waals surface area contributed by atoms with Crippen LogP contribution in [0.1, 0.15) is 35.4 Å². The van der Waals surface area contributed by atoms with Gasteiger partial charge >= 0.3 is 6.18 Å². The predicted octanol–water partition coefficient (Wildman–Crippen LogP) is 3.80. The van der Waals surface area contributed by atoms with Crippen LogP contribution in [-0.4, -0.2) is 17.4 Å². The van der Waals surface area contributed by atoms with E-state index in [9.17, 15) is 18.0 Å². The minimum Gasteiger partial charge on any atom is -0.489 e. The molecule has 1 saturated carbocycles. The molecule has 2 aromatic heterocycles. The SMILES string of the molecule is Cc1oc2ccc(OCc3cccnc3C(F)(F)F)cc2c1C1(NCC(N)=O)CC1. The molecule has 1 aliphatic rings. The van der Waals surface area contributed by atoms with E-state index in [-0.39, 0.29) is 18.7 Å². The van der Waals surface area contributed by atoms with Crippen molar-refractivity contribution in [1.82, 2.24) is 10.3 Å². The highest BCUT2D eigenvalue weighted by Crippen LogP contribution is 2.50. The third-order valence-corrected chi connectivity index (χ3v) is 5.22. The zero-order chi connectivity index (χ0) is 21.5. The van der Waals surface area contributed by atoms with E-state index in [1.54, 1.807) is 18.2 Å². The number of fused-ring (bicyclic) bond motifs is 1. The van der Waals surface area contributed by atoms with Crippen molar-refractivity contribution in [3.8, 4) is 5.75 Å². The van der Waals surface area contributed by atoms with E-state index in [4.69, 9.17) is 14.9 Å². The Labute approximate surface area is 170 Å². The van der Waals surface area contributed by atoms with E-state index >= 15 is 0 Å². The second-order valence-corrected chi connectivity index (χ2v) is 7.39. The van der Waals surface area contributed by atoms with Gasteiger partial charge in [0.05, 0.1) is 6.54 Å². The molecule has 0 saturated heterocycles. The molecular formula is C21H20F3N3O3. The molecule has 1 aliphatic carbocycles. The van der Waals surface area contributed by atoms with E-state index in [1.807, 2.05) is 6.92 Å². The second-order valence-electron chi connectivity index (χ2n) is 7.39. The van der Waals surface area contributed by atoms with Crippen LogP contribution in [0.5, 0.6) is 5.75 Å². The lowest BCUT2D eigenvalue weighted by Gasteiger charge is -2.17. The molecule has 1 aromatic carbocycles. The number of alkyl halides is 3. The first-order chi connectivity index (χ1) is 14.2. The van der Waals surface area contributed by atoms with Gasteiger partial charge in [0.25, 0.3) is 0 Å². The summed E-state index contributed by atoms with van der Waals surface area (Å²) < 4.78 is 50.9. The number of hydrogen-bond donors (Lipinski definition) is 2. The minimum absolute atomic E-state index is 0.0452. The smallest absolute Gasteiger partial charge is 0.433 e. The van der Waals surface area contributed by atoms with Gasteiger partial charge in [0.1, 0.15) is 23.7 Å². The van der Waals surface area contributed by atoms with E-state index in [0.29, 0.717) is 17.1 Å². The highest BCUT2D eigenvalue weighted by atomic mass is 19.4. The summed E-state index contributed by atoms with van der Waals surface area (Å²) in [6, 6.07) is 7.90. The van der Waals surface area contributed by atoms with Crippen LogP contribution in [-0.2, 0) is 23.1 Å². The zero-order valence-electron chi connectivity index (χ0n) is 16.2. The van der Waals surface area contributed by atoms with Gasteiger partial charge in [0.15, 0.2) is 5.69 Å². The van der Waals surface area contributed by atoms with Gasteiger partial charge in [0, 0.05) is 28.2 Å². The van der Waals surface area contributed by atoms with Gasteiger partial charge in [-0.25, -0.2) is 0 Å². The van der Waals surface area contributed by atoms with Gasteiger partial charge in [-0.15, -0.1) is 0 Å². The Morgan fingerprint density at radius 1 is 1.33 bits per heavy atom. The average molecular weight is 419 g/mol. The largest absolute Gasteiger partial charge is 0.489 e. The van der Waals surface area contributed by atoms with Gasteiger partial charge in [-0.2, -0.15) is 13.2 Å². The van der Waals surface area contributed by atoms with Crippen molar-refractivity contribution in [3.63, 3.8) is 0 Å². The van der Waals surface area contributed by atoms with Crippen molar-refractivity contribution in [2.24, 2.45) is 5.73 Å². The molecule has 3 N–H and O–H groups in total. The fraction of sp³-hybridized carbons (Fsp3) is 0.333. The van der Waals surface area contributed by atoms with E-state index in [2.05, 4.69) is 10.3 Å². The number of pyridine rings is 1. The predicted molar refractivity (Wildman–Crippen MR) is 103 cm³/mol. The maximum atomic E-state index is 13.1. The monoisotopic (exact) mass is 419 g/mol. The van der Waals surface area contributed by atoms with Crippen LogP contribution < -0.4 is 15.8 Å². The van der Waals surface area contributed by atoms with E-state index in [0.717, 1.165) is 30.0 Å². The number of primary amides is 1. The number of furan rings is 1. The van der Waals surface area contributed by atoms with Gasteiger partial charge in [-0.1, -0.05) is 6.07 Å². The summed E-state index contributed by atoms with van der Waals surface area (Å²) >= 11 is 0. The van der Waals surface area contributed by atoms with Crippen LogP contribution in [0.2, 0.25) is 0 Å². The normalized spacial score (nSPS) is 15.3. The van der Waals surface area contributed by atoms with E-state index < -0.39 is 23.3 Å². The number of nitrogens with two attached hydrogens (primary N) is 1. The molecule has 6 nitrogen and oxygen atoms in total. The number of ether oxygens (including phenoxy) is 1. The molecule has 0 aliphatic heterocycles. The van der Waals surface area contributed by atoms with Crippen LogP contribution >= 0.6 is 0 Å². The molecule has 158 valence electrons. The summed E-state index contributed by atoms with van der Waals surface area (Å²) in [5.41, 5.74) is 5.42. The molecule has 1 amide bonds. The van der Waals surface area contributed by atoms with Gasteiger partial charge < -0.3 is 14.9 Å². The van der Waals surface area contributed by atoms with Crippen LogP contribution in [0.15, 0.2) is 40.9 Å². The first-order valence-corrected chi connectivity index (χ1v) is 9.40. The minimum atomic E-state index is -4.55. The highest BCUT2D eigenvalue weighted by Gasteiger charge is 2.47. The number of rotatable bonds is 7. The Balaban J connectivity index is 1.61. The lowest BCUT2D eigenvalue weighted by atomic mass is 10.0. The van der Waals surface area contributed by atoms with Gasteiger partial charge in [-0.3, -0.25) is 15.1 Å². The summed E-state index contributed by atoms with van der Waals surface area (Å²) in [4.78, 5) is 14.6. The quantitative estimate of drug-likeness (QED) is 0.608. The van der Waals surface area contributed by atoms with Crippen molar-refractivity contribution in [3.05, 3.63) is 59.1 Å². The molecule has 9 heteroatoms. The number of aromatic nitrogens is 1. The van der Waals surface area contributed by atoms with Crippen molar-refractivity contribution in [2.75, 3.05) is 6.54 Å². The Morgan fingerprint density at radius 3 is 2.77 bits per heavy atom. The maximum Gasteiger partial charge on any atom is 0.433 e.